The van der Waals surface area contributed by atoms with Gasteiger partial charge in [0, 0.05) is 17.7 Å². The standard InChI is InChI=1S/C11H16N4/c1-7-4-10(8(2)9(3)12)15-11(5-7)13-6-14-15/h4-6,8-9H,12H2,1-3H3. The molecular weight excluding hydrogens is 188 g/mol. The van der Waals surface area contributed by atoms with Gasteiger partial charge in [-0.25, -0.2) is 9.50 Å². The molecule has 2 heterocycles. The summed E-state index contributed by atoms with van der Waals surface area (Å²) < 4.78 is 1.86. The Morgan fingerprint density at radius 2 is 2.07 bits per heavy atom. The predicted molar refractivity (Wildman–Crippen MR) is 59.8 cm³/mol. The second kappa shape index (κ2) is 3.62. The van der Waals surface area contributed by atoms with Gasteiger partial charge in [-0.2, -0.15) is 5.10 Å². The maximum atomic E-state index is 5.92. The summed E-state index contributed by atoms with van der Waals surface area (Å²) in [5, 5.41) is 4.21. The molecular formula is C11H16N4. The maximum Gasteiger partial charge on any atom is 0.155 e. The van der Waals surface area contributed by atoms with Crippen LogP contribution in [0.3, 0.4) is 0 Å². The molecule has 2 atom stereocenters. The lowest BCUT2D eigenvalue weighted by atomic mass is 9.99. The number of aromatic nitrogens is 3. The van der Waals surface area contributed by atoms with E-state index in [2.05, 4.69) is 30.0 Å². The average Bonchev–Trinajstić information content (AvgIpc) is 2.62. The van der Waals surface area contributed by atoms with E-state index in [0.717, 1.165) is 11.3 Å². The first-order valence-electron chi connectivity index (χ1n) is 5.15. The summed E-state index contributed by atoms with van der Waals surface area (Å²) in [5.41, 5.74) is 9.12. The highest BCUT2D eigenvalue weighted by atomic mass is 15.3. The Labute approximate surface area is 89.1 Å². The van der Waals surface area contributed by atoms with Crippen LogP contribution in [0.4, 0.5) is 0 Å². The Kier molecular flexibility index (Phi) is 2.44. The largest absolute Gasteiger partial charge is 0.327 e. The second-order valence-corrected chi connectivity index (χ2v) is 4.14. The Hall–Kier alpha value is -1.42. The topological polar surface area (TPSA) is 56.2 Å². The zero-order valence-corrected chi connectivity index (χ0v) is 9.31. The van der Waals surface area contributed by atoms with E-state index in [-0.39, 0.29) is 12.0 Å². The molecule has 2 N–H and O–H groups in total. The van der Waals surface area contributed by atoms with E-state index in [1.54, 1.807) is 6.33 Å². The number of hydrogen-bond donors (Lipinski definition) is 1. The van der Waals surface area contributed by atoms with Crippen molar-refractivity contribution in [3.8, 4) is 0 Å². The Balaban J connectivity index is 2.62. The number of aryl methyl sites for hydroxylation is 1. The lowest BCUT2D eigenvalue weighted by Crippen LogP contribution is -2.24. The van der Waals surface area contributed by atoms with Gasteiger partial charge in [-0.05, 0) is 31.5 Å². The molecule has 0 aliphatic carbocycles. The number of nitrogens with two attached hydrogens (primary N) is 1. The van der Waals surface area contributed by atoms with Crippen molar-refractivity contribution in [1.82, 2.24) is 14.6 Å². The van der Waals surface area contributed by atoms with E-state index in [4.69, 9.17) is 5.73 Å². The van der Waals surface area contributed by atoms with Gasteiger partial charge in [-0.1, -0.05) is 6.92 Å². The molecule has 4 heteroatoms. The van der Waals surface area contributed by atoms with Crippen LogP contribution in [-0.2, 0) is 0 Å². The summed E-state index contributed by atoms with van der Waals surface area (Å²) in [7, 11) is 0. The highest BCUT2D eigenvalue weighted by Crippen LogP contribution is 2.19. The van der Waals surface area contributed by atoms with Crippen LogP contribution < -0.4 is 5.73 Å². The molecule has 2 aromatic rings. The van der Waals surface area contributed by atoms with Crippen LogP contribution in [0, 0.1) is 6.92 Å². The van der Waals surface area contributed by atoms with Gasteiger partial charge in [0.05, 0.1) is 0 Å². The summed E-state index contributed by atoms with van der Waals surface area (Å²) in [5.74, 6) is 0.272. The smallest absolute Gasteiger partial charge is 0.155 e. The highest BCUT2D eigenvalue weighted by Gasteiger charge is 2.15. The van der Waals surface area contributed by atoms with Gasteiger partial charge in [0.2, 0.25) is 0 Å². The van der Waals surface area contributed by atoms with Gasteiger partial charge in [0.25, 0.3) is 0 Å². The molecule has 4 nitrogen and oxygen atoms in total. The minimum atomic E-state index is 0.110. The van der Waals surface area contributed by atoms with Gasteiger partial charge >= 0.3 is 0 Å². The Bertz CT molecular complexity index is 472. The summed E-state index contributed by atoms with van der Waals surface area (Å²) in [4.78, 5) is 4.19. The van der Waals surface area contributed by atoms with E-state index in [1.807, 2.05) is 17.5 Å². The minimum Gasteiger partial charge on any atom is -0.327 e. The van der Waals surface area contributed by atoms with Crippen molar-refractivity contribution in [3.63, 3.8) is 0 Å². The quantitative estimate of drug-likeness (QED) is 0.806. The molecule has 0 aromatic carbocycles. The van der Waals surface area contributed by atoms with E-state index < -0.39 is 0 Å². The molecule has 15 heavy (non-hydrogen) atoms. The summed E-state index contributed by atoms with van der Waals surface area (Å²) >= 11 is 0. The normalized spacial score (nSPS) is 15.5. The first kappa shape index (κ1) is 10.1. The maximum absolute atomic E-state index is 5.92. The fourth-order valence-electron chi connectivity index (χ4n) is 1.68. The molecule has 2 unspecified atom stereocenters. The van der Waals surface area contributed by atoms with E-state index in [1.165, 1.54) is 5.56 Å². The van der Waals surface area contributed by atoms with Crippen molar-refractivity contribution in [2.75, 3.05) is 0 Å². The zero-order valence-electron chi connectivity index (χ0n) is 9.31. The van der Waals surface area contributed by atoms with Gasteiger partial charge in [0.1, 0.15) is 6.33 Å². The number of hydrogen-bond acceptors (Lipinski definition) is 3. The first-order chi connectivity index (χ1) is 7.09. The molecule has 0 fully saturated rings. The van der Waals surface area contributed by atoms with Gasteiger partial charge in [-0.3, -0.25) is 0 Å². The van der Waals surface area contributed by atoms with Crippen LogP contribution in [0.25, 0.3) is 5.65 Å². The van der Waals surface area contributed by atoms with E-state index >= 15 is 0 Å². The van der Waals surface area contributed by atoms with E-state index in [9.17, 15) is 0 Å². The number of rotatable bonds is 2. The molecule has 0 amide bonds. The fraction of sp³-hybridized carbons (Fsp3) is 0.455. The van der Waals surface area contributed by atoms with Gasteiger partial charge in [-0.15, -0.1) is 0 Å². The lowest BCUT2D eigenvalue weighted by molar-refractivity contribution is 0.582. The van der Waals surface area contributed by atoms with Gasteiger partial charge < -0.3 is 5.73 Å². The first-order valence-corrected chi connectivity index (χ1v) is 5.15. The van der Waals surface area contributed by atoms with Crippen molar-refractivity contribution >= 4 is 5.65 Å². The van der Waals surface area contributed by atoms with E-state index in [0.29, 0.717) is 0 Å². The van der Waals surface area contributed by atoms with Crippen molar-refractivity contribution in [2.45, 2.75) is 32.7 Å². The van der Waals surface area contributed by atoms with Crippen LogP contribution in [0.15, 0.2) is 18.5 Å². The summed E-state index contributed by atoms with van der Waals surface area (Å²) in [6.07, 6.45) is 1.58. The number of pyridine rings is 1. The van der Waals surface area contributed by atoms with Crippen LogP contribution >= 0.6 is 0 Å². The molecule has 0 aliphatic rings. The van der Waals surface area contributed by atoms with Crippen molar-refractivity contribution in [2.24, 2.45) is 5.73 Å². The SMILES string of the molecule is Cc1cc(C(C)C(C)N)n2ncnc2c1. The molecule has 80 valence electrons. The number of nitrogens with zero attached hydrogens (tertiary/aromatic N) is 3. The predicted octanol–water partition coefficient (Wildman–Crippen LogP) is 1.49. The van der Waals surface area contributed by atoms with Crippen LogP contribution in [-0.4, -0.2) is 20.6 Å². The lowest BCUT2D eigenvalue weighted by Gasteiger charge is -2.17. The fourth-order valence-corrected chi connectivity index (χ4v) is 1.68. The van der Waals surface area contributed by atoms with Crippen LogP contribution in [0.1, 0.15) is 31.0 Å². The second-order valence-electron chi connectivity index (χ2n) is 4.14. The third-order valence-electron chi connectivity index (χ3n) is 2.81. The molecule has 2 rings (SSSR count). The molecule has 2 aromatic heterocycles. The van der Waals surface area contributed by atoms with Crippen LogP contribution in [0.2, 0.25) is 0 Å². The average molecular weight is 204 g/mol. The molecule has 0 aliphatic heterocycles. The minimum absolute atomic E-state index is 0.110. The summed E-state index contributed by atoms with van der Waals surface area (Å²) in [6.45, 7) is 6.18. The highest BCUT2D eigenvalue weighted by molar-refractivity contribution is 5.42. The zero-order chi connectivity index (χ0) is 11.0. The monoisotopic (exact) mass is 204 g/mol. The Morgan fingerprint density at radius 1 is 1.33 bits per heavy atom. The van der Waals surface area contributed by atoms with Crippen molar-refractivity contribution in [3.05, 3.63) is 29.7 Å². The van der Waals surface area contributed by atoms with Crippen molar-refractivity contribution < 1.29 is 0 Å². The van der Waals surface area contributed by atoms with Crippen LogP contribution in [0.5, 0.6) is 0 Å². The Morgan fingerprint density at radius 3 is 2.73 bits per heavy atom. The third kappa shape index (κ3) is 1.72. The molecule has 0 spiro atoms. The number of fused-ring (bicyclic) bond motifs is 1. The van der Waals surface area contributed by atoms with Gasteiger partial charge in [0.15, 0.2) is 5.65 Å². The summed E-state index contributed by atoms with van der Waals surface area (Å²) in [6, 6.07) is 4.25. The third-order valence-corrected chi connectivity index (χ3v) is 2.81. The molecule has 0 saturated heterocycles. The van der Waals surface area contributed by atoms with Crippen molar-refractivity contribution in [1.29, 1.82) is 0 Å². The molecule has 0 saturated carbocycles. The molecule has 0 radical (unpaired) electrons. The molecule has 0 bridgehead atoms.